The van der Waals surface area contributed by atoms with Gasteiger partial charge in [-0.1, -0.05) is 44.4 Å². The van der Waals surface area contributed by atoms with Crippen molar-refractivity contribution in [1.29, 1.82) is 0 Å². The smallest absolute Gasteiger partial charge is 0.335 e. The first-order chi connectivity index (χ1) is 12.0. The number of hydrogen-bond acceptors (Lipinski definition) is 4. The molecule has 2 rings (SSSR count). The first-order valence-electron chi connectivity index (χ1n) is 8.63. The van der Waals surface area contributed by atoms with Crippen LogP contribution >= 0.6 is 0 Å². The maximum atomic E-state index is 12.2. The second-order valence-electron chi connectivity index (χ2n) is 6.11. The zero-order valence-electron chi connectivity index (χ0n) is 15.0. The normalized spacial score (nSPS) is 11.7. The van der Waals surface area contributed by atoms with E-state index in [9.17, 15) is 14.7 Å². The van der Waals surface area contributed by atoms with Gasteiger partial charge in [-0.25, -0.2) is 9.36 Å². The van der Waals surface area contributed by atoms with Crippen LogP contribution in [-0.2, 0) is 0 Å². The molecule has 0 atom stereocenters. The number of hydrogen-bond donors (Lipinski definition) is 2. The third-order valence-corrected chi connectivity index (χ3v) is 4.16. The van der Waals surface area contributed by atoms with Gasteiger partial charge in [-0.15, -0.1) is 0 Å². The van der Waals surface area contributed by atoms with Crippen molar-refractivity contribution >= 4 is 5.71 Å². The molecule has 6 heteroatoms. The van der Waals surface area contributed by atoms with Crippen LogP contribution in [0.2, 0.25) is 0 Å². The zero-order chi connectivity index (χ0) is 18.4. The van der Waals surface area contributed by atoms with E-state index in [0.717, 1.165) is 35.8 Å². The third kappa shape index (κ3) is 4.26. The van der Waals surface area contributed by atoms with E-state index >= 15 is 0 Å². The Morgan fingerprint density at radius 3 is 2.60 bits per heavy atom. The van der Waals surface area contributed by atoms with Crippen LogP contribution in [0.5, 0.6) is 5.88 Å². The van der Waals surface area contributed by atoms with Gasteiger partial charge in [0.15, 0.2) is 0 Å². The molecule has 1 aromatic heterocycles. The molecule has 0 spiro atoms. The predicted molar refractivity (Wildman–Crippen MR) is 100 cm³/mol. The van der Waals surface area contributed by atoms with Gasteiger partial charge in [0.05, 0.1) is 5.69 Å². The summed E-state index contributed by atoms with van der Waals surface area (Å²) < 4.78 is 1.11. The van der Waals surface area contributed by atoms with E-state index in [1.165, 1.54) is 0 Å². The number of rotatable bonds is 7. The molecule has 0 bridgehead atoms. The number of aromatic nitrogens is 2. The lowest BCUT2D eigenvalue weighted by molar-refractivity contribution is 0.429. The van der Waals surface area contributed by atoms with Crippen molar-refractivity contribution in [3.63, 3.8) is 0 Å². The molecule has 0 radical (unpaired) electrons. The fraction of sp³-hybridized carbons (Fsp3) is 0.421. The summed E-state index contributed by atoms with van der Waals surface area (Å²) in [5.41, 5.74) is 0.514. The highest BCUT2D eigenvalue weighted by Gasteiger charge is 2.18. The van der Waals surface area contributed by atoms with Crippen molar-refractivity contribution in [2.45, 2.75) is 46.5 Å². The lowest BCUT2D eigenvalue weighted by atomic mass is 10.1. The molecule has 134 valence electrons. The summed E-state index contributed by atoms with van der Waals surface area (Å²) in [7, 11) is 0. The molecule has 0 saturated heterocycles. The van der Waals surface area contributed by atoms with Gasteiger partial charge in [-0.2, -0.15) is 0 Å². The minimum absolute atomic E-state index is 0.0401. The average Bonchev–Trinajstić information content (AvgIpc) is 2.56. The number of unbranched alkanes of at least 4 members (excludes halogenated alkanes) is 3. The Hall–Kier alpha value is -2.63. The Bertz CT molecular complexity index is 878. The molecular formula is C19H25N3O3. The number of nitrogens with one attached hydrogen (secondary N) is 1. The number of aryl methyl sites for hydroxylation is 1. The summed E-state index contributed by atoms with van der Waals surface area (Å²) in [4.78, 5) is 31.1. The van der Waals surface area contributed by atoms with Crippen molar-refractivity contribution in [3.05, 3.63) is 56.2 Å². The molecule has 2 N–H and O–H groups in total. The van der Waals surface area contributed by atoms with Crippen LogP contribution in [0.15, 0.2) is 38.8 Å². The minimum atomic E-state index is -0.670. The molecule has 0 aliphatic rings. The number of para-hydroxylation sites is 1. The van der Waals surface area contributed by atoms with Crippen LogP contribution in [0.3, 0.4) is 0 Å². The zero-order valence-corrected chi connectivity index (χ0v) is 15.0. The monoisotopic (exact) mass is 343 g/mol. The van der Waals surface area contributed by atoms with Crippen LogP contribution in [0.25, 0.3) is 5.69 Å². The van der Waals surface area contributed by atoms with Crippen LogP contribution in [0.4, 0.5) is 0 Å². The molecule has 0 fully saturated rings. The van der Waals surface area contributed by atoms with E-state index in [0.29, 0.717) is 17.9 Å². The van der Waals surface area contributed by atoms with Crippen molar-refractivity contribution in [3.8, 4) is 11.6 Å². The Kier molecular flexibility index (Phi) is 6.33. The highest BCUT2D eigenvalue weighted by atomic mass is 16.3. The summed E-state index contributed by atoms with van der Waals surface area (Å²) >= 11 is 0. The number of H-pyrrole nitrogens is 1. The molecule has 1 heterocycles. The number of benzene rings is 1. The summed E-state index contributed by atoms with van der Waals surface area (Å²) in [6.07, 6.45) is 4.31. The number of aromatic hydroxyl groups is 1. The summed E-state index contributed by atoms with van der Waals surface area (Å²) in [5.74, 6) is -0.377. The highest BCUT2D eigenvalue weighted by Crippen LogP contribution is 2.19. The second-order valence-corrected chi connectivity index (χ2v) is 6.11. The summed E-state index contributed by atoms with van der Waals surface area (Å²) in [6.45, 7) is 6.24. The molecule has 0 saturated carbocycles. The Labute approximate surface area is 146 Å². The number of nitrogens with zero attached hydrogens (tertiary/aromatic N) is 2. The Morgan fingerprint density at radius 2 is 1.92 bits per heavy atom. The van der Waals surface area contributed by atoms with E-state index in [2.05, 4.69) is 16.9 Å². The molecule has 0 amide bonds. The third-order valence-electron chi connectivity index (χ3n) is 4.16. The van der Waals surface area contributed by atoms with Gasteiger partial charge in [0.2, 0.25) is 5.88 Å². The maximum absolute atomic E-state index is 12.2. The lowest BCUT2D eigenvalue weighted by Crippen LogP contribution is -2.33. The van der Waals surface area contributed by atoms with Crippen molar-refractivity contribution < 1.29 is 5.11 Å². The van der Waals surface area contributed by atoms with Crippen molar-refractivity contribution in [1.82, 2.24) is 9.55 Å². The molecular weight excluding hydrogens is 318 g/mol. The first-order valence-corrected chi connectivity index (χ1v) is 8.63. The fourth-order valence-corrected chi connectivity index (χ4v) is 2.75. The van der Waals surface area contributed by atoms with Gasteiger partial charge in [0.1, 0.15) is 5.56 Å². The molecule has 1 aromatic carbocycles. The van der Waals surface area contributed by atoms with Gasteiger partial charge in [0, 0.05) is 12.3 Å². The largest absolute Gasteiger partial charge is 0.493 e. The molecule has 2 aromatic rings. The highest BCUT2D eigenvalue weighted by molar-refractivity contribution is 6.00. The number of aliphatic imine (C=N–C) groups is 1. The summed E-state index contributed by atoms with van der Waals surface area (Å²) in [5, 5.41) is 10.6. The van der Waals surface area contributed by atoms with Gasteiger partial charge in [-0.05, 0) is 31.9 Å². The SMILES string of the molecule is CCCCCCN=C(C)c1c(O)n(-c2ccccc2C)c(=O)[nH]c1=O. The van der Waals surface area contributed by atoms with E-state index in [1.807, 2.05) is 19.1 Å². The Morgan fingerprint density at radius 1 is 1.20 bits per heavy atom. The molecule has 25 heavy (non-hydrogen) atoms. The topological polar surface area (TPSA) is 87.4 Å². The first kappa shape index (κ1) is 18.7. The maximum Gasteiger partial charge on any atom is 0.335 e. The van der Waals surface area contributed by atoms with Crippen LogP contribution in [0.1, 0.15) is 50.7 Å². The average molecular weight is 343 g/mol. The van der Waals surface area contributed by atoms with Gasteiger partial charge in [-0.3, -0.25) is 14.8 Å². The second kappa shape index (κ2) is 8.46. The Balaban J connectivity index is 2.45. The molecule has 0 aliphatic carbocycles. The van der Waals surface area contributed by atoms with E-state index in [-0.39, 0.29) is 11.4 Å². The molecule has 0 aliphatic heterocycles. The van der Waals surface area contributed by atoms with Crippen LogP contribution < -0.4 is 11.2 Å². The van der Waals surface area contributed by atoms with Gasteiger partial charge < -0.3 is 5.11 Å². The van der Waals surface area contributed by atoms with Crippen molar-refractivity contribution in [2.75, 3.05) is 6.54 Å². The quantitative estimate of drug-likeness (QED) is 0.598. The molecule has 0 unspecified atom stereocenters. The standard InChI is InChI=1S/C19H25N3O3/c1-4-5-6-9-12-20-14(3)16-17(23)21-19(25)22(18(16)24)15-11-8-7-10-13(15)2/h7-8,10-11,24H,4-6,9,12H2,1-3H3,(H,21,23,25). The lowest BCUT2D eigenvalue weighted by Gasteiger charge is -2.13. The molecule has 6 nitrogen and oxygen atoms in total. The van der Waals surface area contributed by atoms with E-state index in [1.54, 1.807) is 19.1 Å². The summed E-state index contributed by atoms with van der Waals surface area (Å²) in [6, 6.07) is 7.17. The van der Waals surface area contributed by atoms with Gasteiger partial charge >= 0.3 is 5.69 Å². The van der Waals surface area contributed by atoms with Crippen LogP contribution in [-0.4, -0.2) is 26.9 Å². The predicted octanol–water partition coefficient (Wildman–Crippen LogP) is 2.93. The minimum Gasteiger partial charge on any atom is -0.493 e. The van der Waals surface area contributed by atoms with Gasteiger partial charge in [0.25, 0.3) is 5.56 Å². The van der Waals surface area contributed by atoms with Crippen molar-refractivity contribution in [2.24, 2.45) is 4.99 Å². The van der Waals surface area contributed by atoms with E-state index < -0.39 is 11.2 Å². The van der Waals surface area contributed by atoms with Crippen LogP contribution in [0, 0.1) is 6.92 Å². The van der Waals surface area contributed by atoms with E-state index in [4.69, 9.17) is 0 Å². The number of aromatic amines is 1. The fourth-order valence-electron chi connectivity index (χ4n) is 2.75.